The summed E-state index contributed by atoms with van der Waals surface area (Å²) in [6.45, 7) is 3.88. The van der Waals surface area contributed by atoms with Gasteiger partial charge in [-0.25, -0.2) is 0 Å². The van der Waals surface area contributed by atoms with Crippen LogP contribution in [0.2, 0.25) is 0 Å². The Labute approximate surface area is 134 Å². The van der Waals surface area contributed by atoms with Crippen LogP contribution in [-0.4, -0.2) is 22.2 Å². The minimum atomic E-state index is -0.447. The van der Waals surface area contributed by atoms with Crippen molar-refractivity contribution < 1.29 is 9.53 Å². The molecule has 23 heavy (non-hydrogen) atoms. The molecule has 0 unspecified atom stereocenters. The van der Waals surface area contributed by atoms with Crippen molar-refractivity contribution in [1.29, 1.82) is 0 Å². The zero-order valence-corrected chi connectivity index (χ0v) is 13.0. The van der Waals surface area contributed by atoms with E-state index in [-0.39, 0.29) is 6.10 Å². The second-order valence-corrected chi connectivity index (χ2v) is 5.53. The first-order valence-corrected chi connectivity index (χ1v) is 7.37. The highest BCUT2D eigenvalue weighted by Gasteiger charge is 2.12. The van der Waals surface area contributed by atoms with Crippen molar-refractivity contribution in [2.24, 2.45) is 5.73 Å². The van der Waals surface area contributed by atoms with Crippen LogP contribution < -0.4 is 10.5 Å². The summed E-state index contributed by atoms with van der Waals surface area (Å²) in [7, 11) is 0. The fourth-order valence-corrected chi connectivity index (χ4v) is 2.49. The molecule has 0 fully saturated rings. The van der Waals surface area contributed by atoms with Gasteiger partial charge in [-0.1, -0.05) is 24.3 Å². The zero-order valence-electron chi connectivity index (χ0n) is 13.0. The van der Waals surface area contributed by atoms with E-state index in [1.165, 1.54) is 0 Å². The third-order valence-corrected chi connectivity index (χ3v) is 3.48. The molecule has 0 spiro atoms. The van der Waals surface area contributed by atoms with Crippen molar-refractivity contribution in [3.05, 3.63) is 54.2 Å². The van der Waals surface area contributed by atoms with Crippen molar-refractivity contribution in [2.75, 3.05) is 0 Å². The third kappa shape index (κ3) is 2.99. The topological polar surface area (TPSA) is 78.1 Å². The number of nitrogens with two attached hydrogens (primary N) is 1. The molecule has 1 amide bonds. The molecule has 0 atom stereocenters. The van der Waals surface area contributed by atoms with Crippen LogP contribution in [0, 0.1) is 0 Å². The molecule has 0 bridgehead atoms. The molecule has 5 heteroatoms. The highest BCUT2D eigenvalue weighted by atomic mass is 16.5. The summed E-state index contributed by atoms with van der Waals surface area (Å²) in [5, 5.41) is 9.82. The van der Waals surface area contributed by atoms with Gasteiger partial charge in [0.15, 0.2) is 0 Å². The van der Waals surface area contributed by atoms with E-state index in [0.717, 1.165) is 21.9 Å². The number of hydrogen-bond donors (Lipinski definition) is 1. The summed E-state index contributed by atoms with van der Waals surface area (Å²) >= 11 is 0. The predicted octanol–water partition coefficient (Wildman–Crippen LogP) is 3.18. The fraction of sp³-hybridized carbons (Fsp3) is 0.167. The number of rotatable bonds is 4. The van der Waals surface area contributed by atoms with Gasteiger partial charge in [-0.3, -0.25) is 4.79 Å². The van der Waals surface area contributed by atoms with E-state index >= 15 is 0 Å². The van der Waals surface area contributed by atoms with Crippen LogP contribution in [0.4, 0.5) is 0 Å². The Morgan fingerprint density at radius 2 is 1.96 bits per heavy atom. The van der Waals surface area contributed by atoms with Crippen LogP contribution in [0.15, 0.2) is 48.7 Å². The SMILES string of the molecule is CC(C)Oc1nncc2cc(-c3ccccc3C(N)=O)ccc12. The second-order valence-electron chi connectivity index (χ2n) is 5.53. The number of benzene rings is 2. The number of carbonyl (C=O) groups is 1. The molecular weight excluding hydrogens is 290 g/mol. The van der Waals surface area contributed by atoms with E-state index in [1.807, 2.05) is 44.2 Å². The van der Waals surface area contributed by atoms with Crippen molar-refractivity contribution >= 4 is 16.7 Å². The van der Waals surface area contributed by atoms with Crippen molar-refractivity contribution in [3.8, 4) is 17.0 Å². The molecule has 116 valence electrons. The normalized spacial score (nSPS) is 10.9. The van der Waals surface area contributed by atoms with Gasteiger partial charge in [-0.15, -0.1) is 5.10 Å². The third-order valence-electron chi connectivity index (χ3n) is 3.48. The number of amides is 1. The molecule has 0 aliphatic rings. The van der Waals surface area contributed by atoms with E-state index in [1.54, 1.807) is 18.3 Å². The van der Waals surface area contributed by atoms with Crippen LogP contribution >= 0.6 is 0 Å². The molecule has 3 aromatic rings. The molecule has 0 saturated heterocycles. The highest BCUT2D eigenvalue weighted by Crippen LogP contribution is 2.30. The molecular formula is C18H17N3O2. The fourth-order valence-electron chi connectivity index (χ4n) is 2.49. The van der Waals surface area contributed by atoms with Crippen molar-refractivity contribution in [2.45, 2.75) is 20.0 Å². The lowest BCUT2D eigenvalue weighted by Crippen LogP contribution is -2.12. The summed E-state index contributed by atoms with van der Waals surface area (Å²) < 4.78 is 5.69. The summed E-state index contributed by atoms with van der Waals surface area (Å²) in [6.07, 6.45) is 1.70. The van der Waals surface area contributed by atoms with E-state index in [4.69, 9.17) is 10.5 Å². The molecule has 3 rings (SSSR count). The van der Waals surface area contributed by atoms with E-state index in [2.05, 4.69) is 10.2 Å². The first kappa shape index (κ1) is 15.0. The maximum atomic E-state index is 11.6. The van der Waals surface area contributed by atoms with Crippen LogP contribution in [0.25, 0.3) is 21.9 Å². The van der Waals surface area contributed by atoms with Crippen molar-refractivity contribution in [3.63, 3.8) is 0 Å². The quantitative estimate of drug-likeness (QED) is 0.803. The number of fused-ring (bicyclic) bond motifs is 1. The van der Waals surface area contributed by atoms with Crippen LogP contribution in [0.5, 0.6) is 5.88 Å². The number of carbonyl (C=O) groups excluding carboxylic acids is 1. The van der Waals surface area contributed by atoms with E-state index in [0.29, 0.717) is 11.4 Å². The number of aromatic nitrogens is 2. The van der Waals surface area contributed by atoms with Crippen LogP contribution in [0.3, 0.4) is 0 Å². The van der Waals surface area contributed by atoms with Crippen molar-refractivity contribution in [1.82, 2.24) is 10.2 Å². The second kappa shape index (κ2) is 6.04. The largest absolute Gasteiger partial charge is 0.473 e. The number of primary amides is 1. The van der Waals surface area contributed by atoms with Gasteiger partial charge < -0.3 is 10.5 Å². The average molecular weight is 307 g/mol. The Kier molecular flexibility index (Phi) is 3.93. The van der Waals surface area contributed by atoms with Crippen LogP contribution in [0.1, 0.15) is 24.2 Å². The zero-order chi connectivity index (χ0) is 16.4. The van der Waals surface area contributed by atoms with E-state index < -0.39 is 5.91 Å². The summed E-state index contributed by atoms with van der Waals surface area (Å²) in [5.74, 6) is 0.0598. The van der Waals surface area contributed by atoms with Gasteiger partial charge in [-0.05, 0) is 43.2 Å². The standard InChI is InChI=1S/C18H17N3O2/c1-11(2)23-18-15-8-7-12(9-13(15)10-20-21-18)14-5-3-4-6-16(14)17(19)22/h3-11H,1-2H3,(H2,19,22). The molecule has 1 heterocycles. The molecule has 0 aliphatic carbocycles. The first-order valence-electron chi connectivity index (χ1n) is 7.37. The predicted molar refractivity (Wildman–Crippen MR) is 89.3 cm³/mol. The Bertz CT molecular complexity index is 875. The highest BCUT2D eigenvalue weighted by molar-refractivity contribution is 6.01. The van der Waals surface area contributed by atoms with Gasteiger partial charge in [0, 0.05) is 16.3 Å². The first-order chi connectivity index (χ1) is 11.1. The number of hydrogen-bond acceptors (Lipinski definition) is 4. The Hall–Kier alpha value is -2.95. The van der Waals surface area contributed by atoms with Crippen LogP contribution in [-0.2, 0) is 0 Å². The summed E-state index contributed by atoms with van der Waals surface area (Å²) in [4.78, 5) is 11.6. The molecule has 0 radical (unpaired) electrons. The molecule has 2 N–H and O–H groups in total. The lowest BCUT2D eigenvalue weighted by molar-refractivity contribution is 0.100. The summed E-state index contributed by atoms with van der Waals surface area (Å²) in [6, 6.07) is 13.1. The van der Waals surface area contributed by atoms with Gasteiger partial charge in [0.05, 0.1) is 12.3 Å². The number of nitrogens with zero attached hydrogens (tertiary/aromatic N) is 2. The molecule has 2 aromatic carbocycles. The minimum Gasteiger partial charge on any atom is -0.473 e. The Balaban J connectivity index is 2.13. The molecule has 0 saturated carbocycles. The maximum absolute atomic E-state index is 11.6. The van der Waals surface area contributed by atoms with Gasteiger partial charge in [0.2, 0.25) is 11.8 Å². The van der Waals surface area contributed by atoms with Gasteiger partial charge in [0.25, 0.3) is 0 Å². The van der Waals surface area contributed by atoms with Gasteiger partial charge in [0.1, 0.15) is 0 Å². The van der Waals surface area contributed by atoms with E-state index in [9.17, 15) is 4.79 Å². The summed E-state index contributed by atoms with van der Waals surface area (Å²) in [5.41, 5.74) is 7.65. The number of ether oxygens (including phenoxy) is 1. The maximum Gasteiger partial charge on any atom is 0.249 e. The average Bonchev–Trinajstić information content (AvgIpc) is 2.54. The Morgan fingerprint density at radius 3 is 2.70 bits per heavy atom. The smallest absolute Gasteiger partial charge is 0.249 e. The molecule has 5 nitrogen and oxygen atoms in total. The molecule has 1 aromatic heterocycles. The lowest BCUT2D eigenvalue weighted by atomic mass is 9.97. The lowest BCUT2D eigenvalue weighted by Gasteiger charge is -2.12. The minimum absolute atomic E-state index is 0.0187. The van der Waals surface area contributed by atoms with Gasteiger partial charge >= 0.3 is 0 Å². The monoisotopic (exact) mass is 307 g/mol. The Morgan fingerprint density at radius 1 is 1.17 bits per heavy atom. The molecule has 0 aliphatic heterocycles. The van der Waals surface area contributed by atoms with Gasteiger partial charge in [-0.2, -0.15) is 5.10 Å².